The van der Waals surface area contributed by atoms with Crippen LogP contribution in [0.3, 0.4) is 0 Å². The number of carbonyl (C=O) groups is 3. The monoisotopic (exact) mass is 339 g/mol. The maximum atomic E-state index is 12.6. The molecule has 0 aromatic carbocycles. The summed E-state index contributed by atoms with van der Waals surface area (Å²) in [5.74, 6) is -0.797. The molecule has 0 aromatic heterocycles. The Kier molecular flexibility index (Phi) is 4.69. The highest BCUT2D eigenvalue weighted by Crippen LogP contribution is 2.64. The number of hydrogen-bond acceptors (Lipinski definition) is 4. The number of aliphatic hydroxyl groups is 1. The maximum Gasteiger partial charge on any atom is 0.248 e. The van der Waals surface area contributed by atoms with Crippen LogP contribution in [-0.4, -0.2) is 53.0 Å². The van der Waals surface area contributed by atoms with Crippen LogP contribution >= 0.6 is 0 Å². The third kappa shape index (κ3) is 3.55. The topological polar surface area (TPSA) is 113 Å². The molecule has 2 aliphatic rings. The molecule has 1 saturated heterocycles. The molecule has 2 unspecified atom stereocenters. The molecule has 2 fully saturated rings. The molecule has 7 nitrogen and oxygen atoms in total. The van der Waals surface area contributed by atoms with Crippen molar-refractivity contribution in [2.45, 2.75) is 53.2 Å². The number of nitrogens with one attached hydrogen (secondary N) is 1. The number of carbonyl (C=O) groups excluding carboxylic acids is 3. The number of aliphatic hydroxyl groups excluding tert-OH is 1. The summed E-state index contributed by atoms with van der Waals surface area (Å²) in [7, 11) is 0. The second kappa shape index (κ2) is 6.02. The third-order valence-electron chi connectivity index (χ3n) is 5.28. The molecule has 7 heteroatoms. The van der Waals surface area contributed by atoms with Crippen LogP contribution < -0.4 is 11.1 Å². The number of likely N-dealkylation sites (tertiary alicyclic amines) is 1. The van der Waals surface area contributed by atoms with Crippen LogP contribution in [0.4, 0.5) is 0 Å². The van der Waals surface area contributed by atoms with Crippen LogP contribution in [0.25, 0.3) is 0 Å². The standard InChI is InChI=1S/C17H29N3O4/c1-16(2,3)6-11(22)20-8-9-12(17(9,4)5)13(20)15(24)19-7-10(21)14(18)23/h9-10,12-13,21H,6-8H2,1-5H3,(H2,18,23)(H,19,24)/t9?,10?,12-,13-/m0/s1. The molecule has 0 aromatic rings. The molecular formula is C17H29N3O4. The number of rotatable bonds is 5. The van der Waals surface area contributed by atoms with Gasteiger partial charge in [-0.15, -0.1) is 0 Å². The highest BCUT2D eigenvalue weighted by atomic mass is 16.3. The smallest absolute Gasteiger partial charge is 0.248 e. The minimum absolute atomic E-state index is 0.0268. The lowest BCUT2D eigenvalue weighted by atomic mass is 9.91. The van der Waals surface area contributed by atoms with Crippen molar-refractivity contribution in [1.29, 1.82) is 0 Å². The van der Waals surface area contributed by atoms with E-state index < -0.39 is 18.1 Å². The first-order valence-corrected chi connectivity index (χ1v) is 8.41. The molecular weight excluding hydrogens is 310 g/mol. The maximum absolute atomic E-state index is 12.6. The van der Waals surface area contributed by atoms with Gasteiger partial charge in [0.2, 0.25) is 17.7 Å². The van der Waals surface area contributed by atoms with Crippen molar-refractivity contribution in [1.82, 2.24) is 10.2 Å². The average Bonchev–Trinajstić information content (AvgIpc) is 2.82. The molecule has 136 valence electrons. The van der Waals surface area contributed by atoms with Crippen LogP contribution in [0.2, 0.25) is 0 Å². The Labute approximate surface area is 142 Å². The number of primary amides is 1. The molecule has 3 amide bonds. The number of nitrogens with two attached hydrogens (primary N) is 1. The van der Waals surface area contributed by atoms with Gasteiger partial charge in [0.25, 0.3) is 0 Å². The molecule has 4 N–H and O–H groups in total. The minimum atomic E-state index is -1.42. The van der Waals surface area contributed by atoms with E-state index in [1.54, 1.807) is 4.90 Å². The Bertz CT molecular complexity index is 553. The van der Waals surface area contributed by atoms with Crippen LogP contribution in [0, 0.1) is 22.7 Å². The van der Waals surface area contributed by atoms with Gasteiger partial charge in [0, 0.05) is 13.0 Å². The second-order valence-electron chi connectivity index (χ2n) is 8.85. The van der Waals surface area contributed by atoms with Crippen molar-refractivity contribution in [2.75, 3.05) is 13.1 Å². The predicted octanol–water partition coefficient (Wildman–Crippen LogP) is -0.132. The van der Waals surface area contributed by atoms with Gasteiger partial charge in [-0.2, -0.15) is 0 Å². The molecule has 24 heavy (non-hydrogen) atoms. The van der Waals surface area contributed by atoms with E-state index in [0.29, 0.717) is 18.9 Å². The van der Waals surface area contributed by atoms with Gasteiger partial charge in [-0.1, -0.05) is 34.6 Å². The minimum Gasteiger partial charge on any atom is -0.381 e. The van der Waals surface area contributed by atoms with E-state index >= 15 is 0 Å². The van der Waals surface area contributed by atoms with Crippen LogP contribution in [0.15, 0.2) is 0 Å². The SMILES string of the molecule is CC(C)(C)CC(=O)N1CC2[C@@H]([C@H]1C(=O)NCC(O)C(N)=O)C2(C)C. The van der Waals surface area contributed by atoms with E-state index in [0.717, 1.165) is 0 Å². The van der Waals surface area contributed by atoms with Crippen molar-refractivity contribution in [3.8, 4) is 0 Å². The summed E-state index contributed by atoms with van der Waals surface area (Å²) in [5.41, 5.74) is 4.87. The van der Waals surface area contributed by atoms with Gasteiger partial charge < -0.3 is 21.1 Å². The highest BCUT2D eigenvalue weighted by molar-refractivity contribution is 5.90. The number of nitrogens with zero attached hydrogens (tertiary/aromatic N) is 1. The fourth-order valence-corrected chi connectivity index (χ4v) is 3.80. The first kappa shape index (κ1) is 18.7. The van der Waals surface area contributed by atoms with Gasteiger partial charge in [-0.05, 0) is 22.7 Å². The van der Waals surface area contributed by atoms with E-state index in [1.165, 1.54) is 0 Å². The lowest BCUT2D eigenvalue weighted by Gasteiger charge is -2.32. The van der Waals surface area contributed by atoms with Crippen molar-refractivity contribution < 1.29 is 19.5 Å². The van der Waals surface area contributed by atoms with Gasteiger partial charge in [-0.25, -0.2) is 0 Å². The van der Waals surface area contributed by atoms with Crippen molar-refractivity contribution in [3.05, 3.63) is 0 Å². The molecule has 1 saturated carbocycles. The van der Waals surface area contributed by atoms with Crippen molar-refractivity contribution >= 4 is 17.7 Å². The molecule has 0 bridgehead atoms. The predicted molar refractivity (Wildman–Crippen MR) is 88.5 cm³/mol. The van der Waals surface area contributed by atoms with E-state index in [1.807, 2.05) is 20.8 Å². The quantitative estimate of drug-likeness (QED) is 0.647. The number of amides is 3. The van der Waals surface area contributed by atoms with E-state index in [-0.39, 0.29) is 35.1 Å². The summed E-state index contributed by atoms with van der Waals surface area (Å²) in [4.78, 5) is 37.8. The zero-order valence-corrected chi connectivity index (χ0v) is 15.1. The summed E-state index contributed by atoms with van der Waals surface area (Å²) >= 11 is 0. The summed E-state index contributed by atoms with van der Waals surface area (Å²) in [6.07, 6.45) is -1.04. The Morgan fingerprint density at radius 1 is 1.33 bits per heavy atom. The lowest BCUT2D eigenvalue weighted by Crippen LogP contribution is -2.52. The Hall–Kier alpha value is -1.63. The fourth-order valence-electron chi connectivity index (χ4n) is 3.80. The summed E-state index contributed by atoms with van der Waals surface area (Å²) in [6.45, 7) is 10.5. The summed E-state index contributed by atoms with van der Waals surface area (Å²) in [5, 5.41) is 12.0. The number of piperidine rings is 1. The van der Waals surface area contributed by atoms with Crippen molar-refractivity contribution in [3.63, 3.8) is 0 Å². The molecule has 0 radical (unpaired) electrons. The molecule has 1 aliphatic heterocycles. The van der Waals surface area contributed by atoms with Gasteiger partial charge >= 0.3 is 0 Å². The van der Waals surface area contributed by atoms with Crippen molar-refractivity contribution in [2.24, 2.45) is 28.4 Å². The molecule has 1 aliphatic carbocycles. The molecule has 2 rings (SSSR count). The van der Waals surface area contributed by atoms with Crippen LogP contribution in [0.5, 0.6) is 0 Å². The summed E-state index contributed by atoms with van der Waals surface area (Å²) < 4.78 is 0. The van der Waals surface area contributed by atoms with Gasteiger partial charge in [0.15, 0.2) is 0 Å². The Balaban J connectivity index is 2.08. The fraction of sp³-hybridized carbons (Fsp3) is 0.824. The van der Waals surface area contributed by atoms with E-state index in [2.05, 4.69) is 19.2 Å². The van der Waals surface area contributed by atoms with Gasteiger partial charge in [-0.3, -0.25) is 14.4 Å². The van der Waals surface area contributed by atoms with E-state index in [4.69, 9.17) is 5.73 Å². The largest absolute Gasteiger partial charge is 0.381 e. The first-order valence-electron chi connectivity index (χ1n) is 8.41. The normalized spacial score (nSPS) is 28.9. The Morgan fingerprint density at radius 3 is 2.42 bits per heavy atom. The second-order valence-corrected chi connectivity index (χ2v) is 8.85. The Morgan fingerprint density at radius 2 is 1.92 bits per heavy atom. The average molecular weight is 339 g/mol. The number of fused-ring (bicyclic) bond motifs is 1. The number of hydrogen-bond donors (Lipinski definition) is 3. The molecule has 4 atom stereocenters. The zero-order valence-electron chi connectivity index (χ0n) is 15.1. The molecule has 0 spiro atoms. The van der Waals surface area contributed by atoms with Gasteiger partial charge in [0.1, 0.15) is 12.1 Å². The highest BCUT2D eigenvalue weighted by Gasteiger charge is 2.69. The van der Waals surface area contributed by atoms with E-state index in [9.17, 15) is 19.5 Å². The third-order valence-corrected chi connectivity index (χ3v) is 5.28. The first-order chi connectivity index (χ1) is 10.9. The molecule has 1 heterocycles. The lowest BCUT2D eigenvalue weighted by molar-refractivity contribution is -0.142. The van der Waals surface area contributed by atoms with Crippen LogP contribution in [0.1, 0.15) is 41.0 Å². The van der Waals surface area contributed by atoms with Gasteiger partial charge in [0.05, 0.1) is 6.54 Å². The zero-order chi connectivity index (χ0) is 18.4. The van der Waals surface area contributed by atoms with Crippen LogP contribution in [-0.2, 0) is 14.4 Å². The summed E-state index contributed by atoms with van der Waals surface area (Å²) in [6, 6.07) is -0.542.